The highest BCUT2D eigenvalue weighted by molar-refractivity contribution is 5.33. The zero-order valence-electron chi connectivity index (χ0n) is 15.1. The molecule has 2 nitrogen and oxygen atoms in total. The SMILES string of the molecule is CCOc1ccc(C2CCC(COc3cccc(F)c3F)CC2)c(F)c1F. The fourth-order valence-electron chi connectivity index (χ4n) is 3.57. The monoisotopic (exact) mass is 382 g/mol. The maximum Gasteiger partial charge on any atom is 0.200 e. The highest BCUT2D eigenvalue weighted by Crippen LogP contribution is 2.39. The molecule has 1 aliphatic rings. The fourth-order valence-corrected chi connectivity index (χ4v) is 3.57. The predicted molar refractivity (Wildman–Crippen MR) is 94.1 cm³/mol. The molecule has 0 N–H and O–H groups in total. The van der Waals surface area contributed by atoms with Gasteiger partial charge in [0, 0.05) is 0 Å². The quantitative estimate of drug-likeness (QED) is 0.571. The van der Waals surface area contributed by atoms with E-state index < -0.39 is 23.3 Å². The molecule has 2 aromatic rings. The van der Waals surface area contributed by atoms with Gasteiger partial charge in [0.2, 0.25) is 11.6 Å². The summed E-state index contributed by atoms with van der Waals surface area (Å²) in [6.07, 6.45) is 2.86. The maximum atomic E-state index is 14.4. The Morgan fingerprint density at radius 1 is 0.815 bits per heavy atom. The molecule has 0 aliphatic heterocycles. The number of benzene rings is 2. The molecule has 0 bridgehead atoms. The Bertz CT molecular complexity index is 786. The molecule has 0 saturated heterocycles. The summed E-state index contributed by atoms with van der Waals surface area (Å²) in [6, 6.07) is 6.89. The topological polar surface area (TPSA) is 18.5 Å². The van der Waals surface area contributed by atoms with E-state index in [0.29, 0.717) is 18.4 Å². The first-order valence-electron chi connectivity index (χ1n) is 9.18. The largest absolute Gasteiger partial charge is 0.491 e. The van der Waals surface area contributed by atoms with Gasteiger partial charge in [0.1, 0.15) is 0 Å². The van der Waals surface area contributed by atoms with Crippen molar-refractivity contribution in [3.05, 3.63) is 59.2 Å². The highest BCUT2D eigenvalue weighted by Gasteiger charge is 2.27. The molecule has 146 valence electrons. The lowest BCUT2D eigenvalue weighted by Crippen LogP contribution is -2.20. The zero-order chi connectivity index (χ0) is 19.4. The van der Waals surface area contributed by atoms with Crippen LogP contribution < -0.4 is 9.47 Å². The molecule has 0 aromatic heterocycles. The summed E-state index contributed by atoms with van der Waals surface area (Å²) in [7, 11) is 0. The van der Waals surface area contributed by atoms with Crippen molar-refractivity contribution >= 4 is 0 Å². The van der Waals surface area contributed by atoms with Crippen molar-refractivity contribution in [1.29, 1.82) is 0 Å². The number of hydrogen-bond acceptors (Lipinski definition) is 2. The molecule has 0 amide bonds. The molecule has 0 radical (unpaired) electrons. The third-order valence-electron chi connectivity index (χ3n) is 5.05. The molecule has 0 atom stereocenters. The van der Waals surface area contributed by atoms with Gasteiger partial charge in [0.05, 0.1) is 13.2 Å². The zero-order valence-corrected chi connectivity index (χ0v) is 15.1. The van der Waals surface area contributed by atoms with E-state index in [2.05, 4.69) is 0 Å². The molecule has 0 heterocycles. The fraction of sp³-hybridized carbons (Fsp3) is 0.429. The van der Waals surface area contributed by atoms with Gasteiger partial charge in [0.15, 0.2) is 23.1 Å². The first kappa shape index (κ1) is 19.5. The van der Waals surface area contributed by atoms with Gasteiger partial charge in [-0.05, 0) is 68.2 Å². The molecule has 3 rings (SSSR count). The van der Waals surface area contributed by atoms with E-state index in [-0.39, 0.29) is 36.5 Å². The predicted octanol–water partition coefficient (Wildman–Crippen LogP) is 5.99. The molecule has 1 fully saturated rings. The second-order valence-electron chi connectivity index (χ2n) is 6.79. The van der Waals surface area contributed by atoms with Crippen molar-refractivity contribution in [2.45, 2.75) is 38.5 Å². The molecule has 1 aliphatic carbocycles. The number of rotatable bonds is 6. The smallest absolute Gasteiger partial charge is 0.200 e. The first-order valence-corrected chi connectivity index (χ1v) is 9.18. The van der Waals surface area contributed by atoms with Crippen molar-refractivity contribution in [2.24, 2.45) is 5.92 Å². The average molecular weight is 382 g/mol. The van der Waals surface area contributed by atoms with Crippen molar-refractivity contribution < 1.29 is 27.0 Å². The summed E-state index contributed by atoms with van der Waals surface area (Å²) in [5.74, 6) is -3.79. The van der Waals surface area contributed by atoms with Crippen LogP contribution in [0.15, 0.2) is 30.3 Å². The van der Waals surface area contributed by atoms with Crippen molar-refractivity contribution in [3.63, 3.8) is 0 Å². The van der Waals surface area contributed by atoms with Gasteiger partial charge in [-0.25, -0.2) is 8.78 Å². The van der Waals surface area contributed by atoms with Crippen LogP contribution in [-0.2, 0) is 0 Å². The summed E-state index contributed by atoms with van der Waals surface area (Å²) in [5.41, 5.74) is 0.367. The standard InChI is InChI=1S/C21H22F4O2/c1-2-26-18-11-10-15(19(23)21(18)25)14-8-6-13(7-9-14)12-27-17-5-3-4-16(22)20(17)24/h3-5,10-11,13-14H,2,6-9,12H2,1H3. The van der Waals surface area contributed by atoms with Crippen LogP contribution in [0.5, 0.6) is 11.5 Å². The maximum absolute atomic E-state index is 14.4. The number of hydrogen-bond donors (Lipinski definition) is 0. The molecule has 6 heteroatoms. The summed E-state index contributed by atoms with van der Waals surface area (Å²) in [5, 5.41) is 0. The van der Waals surface area contributed by atoms with Crippen LogP contribution in [0.1, 0.15) is 44.1 Å². The molecular weight excluding hydrogens is 360 g/mol. The average Bonchev–Trinajstić information content (AvgIpc) is 2.67. The van der Waals surface area contributed by atoms with Crippen LogP contribution in [0.25, 0.3) is 0 Å². The summed E-state index contributed by atoms with van der Waals surface area (Å²) >= 11 is 0. The van der Waals surface area contributed by atoms with Crippen LogP contribution in [0.3, 0.4) is 0 Å². The van der Waals surface area contributed by atoms with Gasteiger partial charge >= 0.3 is 0 Å². The van der Waals surface area contributed by atoms with E-state index in [9.17, 15) is 17.6 Å². The van der Waals surface area contributed by atoms with E-state index in [4.69, 9.17) is 9.47 Å². The summed E-state index contributed by atoms with van der Waals surface area (Å²) in [6.45, 7) is 2.25. The first-order chi connectivity index (χ1) is 13.0. The third kappa shape index (κ3) is 4.37. The minimum atomic E-state index is -0.988. The van der Waals surface area contributed by atoms with Crippen LogP contribution in [0, 0.1) is 29.2 Å². The van der Waals surface area contributed by atoms with Crippen molar-refractivity contribution in [2.75, 3.05) is 13.2 Å². The highest BCUT2D eigenvalue weighted by atomic mass is 19.2. The molecule has 0 spiro atoms. The molecular formula is C21H22F4O2. The van der Waals surface area contributed by atoms with Gasteiger partial charge in [0.25, 0.3) is 0 Å². The second-order valence-corrected chi connectivity index (χ2v) is 6.79. The van der Waals surface area contributed by atoms with Gasteiger partial charge in [-0.15, -0.1) is 0 Å². The number of halogens is 4. The lowest BCUT2D eigenvalue weighted by Gasteiger charge is -2.29. The Morgan fingerprint density at radius 3 is 2.22 bits per heavy atom. The Morgan fingerprint density at radius 2 is 1.52 bits per heavy atom. The Hall–Kier alpha value is -2.24. The van der Waals surface area contributed by atoms with Crippen LogP contribution in [-0.4, -0.2) is 13.2 Å². The number of ether oxygens (including phenoxy) is 2. The lowest BCUT2D eigenvalue weighted by molar-refractivity contribution is 0.191. The van der Waals surface area contributed by atoms with Crippen molar-refractivity contribution in [3.8, 4) is 11.5 Å². The molecule has 0 unspecified atom stereocenters. The minimum Gasteiger partial charge on any atom is -0.491 e. The van der Waals surface area contributed by atoms with Gasteiger partial charge in [-0.2, -0.15) is 8.78 Å². The lowest BCUT2D eigenvalue weighted by atomic mass is 9.79. The van der Waals surface area contributed by atoms with Crippen molar-refractivity contribution in [1.82, 2.24) is 0 Å². The van der Waals surface area contributed by atoms with Crippen LogP contribution in [0.2, 0.25) is 0 Å². The third-order valence-corrected chi connectivity index (χ3v) is 5.05. The van der Waals surface area contributed by atoms with Gasteiger partial charge in [-0.3, -0.25) is 0 Å². The molecule has 2 aromatic carbocycles. The van der Waals surface area contributed by atoms with E-state index in [1.165, 1.54) is 18.2 Å². The van der Waals surface area contributed by atoms with Crippen LogP contribution >= 0.6 is 0 Å². The Kier molecular flexibility index (Phi) is 6.24. The van der Waals surface area contributed by atoms with E-state index in [1.807, 2.05) is 0 Å². The summed E-state index contributed by atoms with van der Waals surface area (Å²) < 4.78 is 65.8. The normalized spacial score (nSPS) is 19.7. The summed E-state index contributed by atoms with van der Waals surface area (Å²) in [4.78, 5) is 0. The second kappa shape index (κ2) is 8.63. The van der Waals surface area contributed by atoms with E-state index >= 15 is 0 Å². The van der Waals surface area contributed by atoms with Gasteiger partial charge < -0.3 is 9.47 Å². The minimum absolute atomic E-state index is 0.0713. The molecule has 1 saturated carbocycles. The molecule has 27 heavy (non-hydrogen) atoms. The van der Waals surface area contributed by atoms with E-state index in [0.717, 1.165) is 18.9 Å². The van der Waals surface area contributed by atoms with E-state index in [1.54, 1.807) is 13.0 Å². The van der Waals surface area contributed by atoms with Crippen LogP contribution in [0.4, 0.5) is 17.6 Å². The Balaban J connectivity index is 1.57. The Labute approximate surface area is 156 Å². The van der Waals surface area contributed by atoms with Gasteiger partial charge in [-0.1, -0.05) is 12.1 Å².